The summed E-state index contributed by atoms with van der Waals surface area (Å²) in [6.07, 6.45) is 11.0. The van der Waals surface area contributed by atoms with E-state index < -0.39 is 0 Å². The van der Waals surface area contributed by atoms with Crippen LogP contribution in [0.25, 0.3) is 33.4 Å². The molecular weight excluding hydrogens is 376 g/mol. The molecule has 8 nitrogen and oxygen atoms in total. The minimum Gasteiger partial charge on any atom is -0.357 e. The molecule has 0 spiro atoms. The molecule has 30 heavy (non-hydrogen) atoms. The minimum absolute atomic E-state index is 0.466. The fraction of sp³-hybridized carbons (Fsp3) is 0.364. The van der Waals surface area contributed by atoms with E-state index in [2.05, 4.69) is 59.5 Å². The van der Waals surface area contributed by atoms with Crippen molar-refractivity contribution in [3.05, 3.63) is 42.6 Å². The van der Waals surface area contributed by atoms with E-state index in [0.717, 1.165) is 71.5 Å². The number of hydrogen-bond acceptors (Lipinski definition) is 6. The Morgan fingerprint density at radius 2 is 2.00 bits per heavy atom. The molecule has 1 fully saturated rings. The number of aromatic nitrogens is 6. The van der Waals surface area contributed by atoms with Crippen molar-refractivity contribution < 1.29 is 0 Å². The van der Waals surface area contributed by atoms with E-state index in [4.69, 9.17) is 0 Å². The zero-order chi connectivity index (χ0) is 20.5. The van der Waals surface area contributed by atoms with E-state index in [1.165, 1.54) is 0 Å². The first-order valence-corrected chi connectivity index (χ1v) is 10.5. The summed E-state index contributed by atoms with van der Waals surface area (Å²) in [5.41, 5.74) is 5.92. The van der Waals surface area contributed by atoms with Gasteiger partial charge in [-0.15, -0.1) is 0 Å². The summed E-state index contributed by atoms with van der Waals surface area (Å²) in [5, 5.41) is 12.1. The molecule has 0 aromatic carbocycles. The highest BCUT2D eigenvalue weighted by molar-refractivity contribution is 5.95. The molecule has 154 valence electrons. The van der Waals surface area contributed by atoms with E-state index in [0.29, 0.717) is 12.0 Å². The maximum atomic E-state index is 4.67. The summed E-state index contributed by atoms with van der Waals surface area (Å²) >= 11 is 0. The second-order valence-electron chi connectivity index (χ2n) is 7.68. The van der Waals surface area contributed by atoms with Gasteiger partial charge in [-0.1, -0.05) is 6.92 Å². The van der Waals surface area contributed by atoms with Gasteiger partial charge >= 0.3 is 0 Å². The Morgan fingerprint density at radius 3 is 2.80 bits per heavy atom. The van der Waals surface area contributed by atoms with E-state index in [1.807, 2.05) is 31.7 Å². The maximum absolute atomic E-state index is 4.67. The van der Waals surface area contributed by atoms with E-state index in [9.17, 15) is 0 Å². The third kappa shape index (κ3) is 3.43. The first-order chi connectivity index (χ1) is 14.7. The van der Waals surface area contributed by atoms with Crippen LogP contribution in [0.15, 0.2) is 36.9 Å². The van der Waals surface area contributed by atoms with Gasteiger partial charge in [-0.05, 0) is 44.5 Å². The third-order valence-corrected chi connectivity index (χ3v) is 5.79. The number of H-pyrrole nitrogens is 1. The molecule has 4 aromatic rings. The molecule has 3 N–H and O–H groups in total. The smallest absolute Gasteiger partial charge is 0.223 e. The van der Waals surface area contributed by atoms with Crippen LogP contribution >= 0.6 is 0 Å². The predicted octanol–water partition coefficient (Wildman–Crippen LogP) is 3.41. The van der Waals surface area contributed by atoms with Crippen LogP contribution in [0.2, 0.25) is 0 Å². The molecule has 0 amide bonds. The van der Waals surface area contributed by atoms with Crippen LogP contribution in [0.5, 0.6) is 0 Å². The lowest BCUT2D eigenvalue weighted by Gasteiger charge is -2.22. The zero-order valence-corrected chi connectivity index (χ0v) is 17.3. The van der Waals surface area contributed by atoms with E-state index >= 15 is 0 Å². The van der Waals surface area contributed by atoms with Gasteiger partial charge in [-0.3, -0.25) is 4.68 Å². The number of anilines is 1. The Kier molecular flexibility index (Phi) is 4.92. The predicted molar refractivity (Wildman–Crippen MR) is 118 cm³/mol. The monoisotopic (exact) mass is 402 g/mol. The Hall–Kier alpha value is -3.26. The molecule has 4 aromatic heterocycles. The third-order valence-electron chi connectivity index (χ3n) is 5.79. The van der Waals surface area contributed by atoms with Crippen molar-refractivity contribution in [3.63, 3.8) is 0 Å². The Labute approximate surface area is 175 Å². The second-order valence-corrected chi connectivity index (χ2v) is 7.68. The number of rotatable bonds is 5. The van der Waals surface area contributed by atoms with Gasteiger partial charge in [-0.25, -0.2) is 15.0 Å². The molecule has 8 heteroatoms. The number of aromatic amines is 1. The first kappa shape index (κ1) is 18.7. The highest BCUT2D eigenvalue weighted by Gasteiger charge is 2.17. The lowest BCUT2D eigenvalue weighted by atomic mass is 10.1. The van der Waals surface area contributed by atoms with Crippen LogP contribution in [0.1, 0.15) is 31.5 Å². The molecule has 5 heterocycles. The van der Waals surface area contributed by atoms with Crippen molar-refractivity contribution in [1.29, 1.82) is 0 Å². The maximum Gasteiger partial charge on any atom is 0.223 e. The van der Waals surface area contributed by atoms with E-state index in [1.54, 1.807) is 0 Å². The Morgan fingerprint density at radius 1 is 1.13 bits per heavy atom. The molecule has 1 aliphatic rings. The number of hydrogen-bond donors (Lipinski definition) is 3. The van der Waals surface area contributed by atoms with Crippen LogP contribution < -0.4 is 10.6 Å². The summed E-state index contributed by atoms with van der Waals surface area (Å²) in [7, 11) is 1.84. The van der Waals surface area contributed by atoms with Crippen LogP contribution in [0, 0.1) is 0 Å². The summed E-state index contributed by atoms with van der Waals surface area (Å²) in [4.78, 5) is 17.1. The topological polar surface area (TPSA) is 96.3 Å². The van der Waals surface area contributed by atoms with Gasteiger partial charge in [-0.2, -0.15) is 5.10 Å². The van der Waals surface area contributed by atoms with Crippen LogP contribution in [-0.4, -0.2) is 49.9 Å². The molecule has 0 aliphatic carbocycles. The molecule has 5 rings (SSSR count). The van der Waals surface area contributed by atoms with Gasteiger partial charge in [0.25, 0.3) is 0 Å². The Balaban J connectivity index is 1.53. The molecule has 0 unspecified atom stereocenters. The van der Waals surface area contributed by atoms with E-state index in [-0.39, 0.29) is 0 Å². The molecule has 0 radical (unpaired) electrons. The van der Waals surface area contributed by atoms with Crippen molar-refractivity contribution in [1.82, 2.24) is 35.0 Å². The highest BCUT2D eigenvalue weighted by atomic mass is 15.3. The molecule has 1 saturated heterocycles. The fourth-order valence-corrected chi connectivity index (χ4v) is 4.06. The summed E-state index contributed by atoms with van der Waals surface area (Å²) < 4.78 is 2.11. The van der Waals surface area contributed by atoms with Gasteiger partial charge in [0.2, 0.25) is 5.95 Å². The van der Waals surface area contributed by atoms with Gasteiger partial charge in [0.05, 0.1) is 17.9 Å². The van der Waals surface area contributed by atoms with Crippen LogP contribution in [0.4, 0.5) is 5.95 Å². The molecular formula is C22H26N8. The van der Waals surface area contributed by atoms with Crippen molar-refractivity contribution >= 4 is 17.0 Å². The van der Waals surface area contributed by atoms with Gasteiger partial charge in [0, 0.05) is 53.4 Å². The molecule has 0 atom stereocenters. The number of pyridine rings is 1. The summed E-state index contributed by atoms with van der Waals surface area (Å²) in [5.74, 6) is 0.631. The lowest BCUT2D eigenvalue weighted by Crippen LogP contribution is -2.29. The summed E-state index contributed by atoms with van der Waals surface area (Å²) in [6.45, 7) is 4.20. The van der Waals surface area contributed by atoms with Gasteiger partial charge < -0.3 is 15.6 Å². The number of nitrogens with one attached hydrogen (secondary N) is 3. The fourth-order valence-electron chi connectivity index (χ4n) is 4.06. The first-order valence-electron chi connectivity index (χ1n) is 10.5. The van der Waals surface area contributed by atoms with Gasteiger partial charge in [0.1, 0.15) is 5.65 Å². The van der Waals surface area contributed by atoms with Gasteiger partial charge in [0.15, 0.2) is 0 Å². The largest absolute Gasteiger partial charge is 0.357 e. The zero-order valence-electron chi connectivity index (χ0n) is 17.3. The number of piperidine rings is 1. The summed E-state index contributed by atoms with van der Waals surface area (Å²) in [6, 6.07) is 4.68. The highest BCUT2D eigenvalue weighted by Crippen LogP contribution is 2.31. The minimum atomic E-state index is 0.466. The average Bonchev–Trinajstić information content (AvgIpc) is 3.46. The number of fused-ring (bicyclic) bond motifs is 1. The van der Waals surface area contributed by atoms with Crippen molar-refractivity contribution in [2.45, 2.75) is 32.2 Å². The van der Waals surface area contributed by atoms with Crippen molar-refractivity contribution in [2.24, 2.45) is 0 Å². The average molecular weight is 403 g/mol. The molecule has 0 bridgehead atoms. The number of nitrogens with zero attached hydrogens (tertiary/aromatic N) is 5. The van der Waals surface area contributed by atoms with Crippen molar-refractivity contribution in [2.75, 3.05) is 25.5 Å². The van der Waals surface area contributed by atoms with Crippen LogP contribution in [-0.2, 0) is 6.42 Å². The molecule has 1 aliphatic heterocycles. The number of aryl methyl sites for hydroxylation is 1. The van der Waals surface area contributed by atoms with Crippen LogP contribution in [0.3, 0.4) is 0 Å². The quantitative estimate of drug-likeness (QED) is 0.473. The standard InChI is InChI=1S/C22H26N8/c1-3-16-9-20(29-22(23-2)28-16)19-12-26-21-18(19)8-14(10-25-21)15-11-27-30(13-15)17-4-6-24-7-5-17/h8-13,17,24H,3-7H2,1-2H3,(H,25,26)(H,23,28,29). The lowest BCUT2D eigenvalue weighted by molar-refractivity contribution is 0.343. The molecule has 0 saturated carbocycles. The SMILES string of the molecule is CCc1cc(-c2c[nH]c3ncc(-c4cnn(C5CCNCC5)c4)cc23)nc(NC)n1. The normalized spacial score (nSPS) is 15.0. The second kappa shape index (κ2) is 7.87. The Bertz CT molecular complexity index is 1150. The van der Waals surface area contributed by atoms with Crippen molar-refractivity contribution in [3.8, 4) is 22.4 Å².